The molecular weight excluding hydrogens is 354 g/mol. The highest BCUT2D eigenvalue weighted by Gasteiger charge is 2.24. The number of rotatable bonds is 3. The molecule has 0 fully saturated rings. The number of hydrogen-bond acceptors (Lipinski definition) is 3. The number of aromatic nitrogens is 1. The van der Waals surface area contributed by atoms with Gasteiger partial charge >= 0.3 is 5.97 Å². The minimum Gasteiger partial charge on any atom is -0.462 e. The van der Waals surface area contributed by atoms with Crippen molar-refractivity contribution in [2.45, 2.75) is 13.3 Å². The predicted octanol–water partition coefficient (Wildman–Crippen LogP) is 3.45. The summed E-state index contributed by atoms with van der Waals surface area (Å²) >= 11 is 7.48. The maximum absolute atomic E-state index is 12.7. The van der Waals surface area contributed by atoms with Crippen LogP contribution in [-0.2, 0) is 4.74 Å². The minimum atomic E-state index is -2.87. The first-order chi connectivity index (χ1) is 7.47. The molecule has 0 saturated heterocycles. The van der Waals surface area contributed by atoms with Crippen molar-refractivity contribution in [2.75, 3.05) is 6.61 Å². The zero-order chi connectivity index (χ0) is 12.3. The number of alkyl halides is 2. The number of halogens is 4. The molecule has 0 aromatic carbocycles. The van der Waals surface area contributed by atoms with Gasteiger partial charge in [0.05, 0.1) is 11.6 Å². The average Bonchev–Trinajstić information content (AvgIpc) is 2.16. The molecule has 88 valence electrons. The minimum absolute atomic E-state index is 0.0758. The van der Waals surface area contributed by atoms with E-state index in [4.69, 9.17) is 11.6 Å². The van der Waals surface area contributed by atoms with Gasteiger partial charge in [-0.15, -0.1) is 0 Å². The fourth-order valence-electron chi connectivity index (χ4n) is 1.07. The summed E-state index contributed by atoms with van der Waals surface area (Å²) in [7, 11) is 0. The highest BCUT2D eigenvalue weighted by molar-refractivity contribution is 14.1. The molecule has 0 N–H and O–H groups in total. The highest BCUT2D eigenvalue weighted by atomic mass is 127. The molecule has 7 heteroatoms. The summed E-state index contributed by atoms with van der Waals surface area (Å²) < 4.78 is 30.2. The van der Waals surface area contributed by atoms with Crippen LogP contribution < -0.4 is 0 Å². The molecule has 0 bridgehead atoms. The molecule has 0 radical (unpaired) electrons. The van der Waals surface area contributed by atoms with Crippen molar-refractivity contribution < 1.29 is 18.3 Å². The molecule has 0 aliphatic heterocycles. The first kappa shape index (κ1) is 13.6. The third-order valence-corrected chi connectivity index (χ3v) is 2.51. The standard InChI is InChI=1S/C9H7ClF2INO2/c1-2-16-9(15)6-4(10)3-5(13)14-7(6)8(11)12/h3,8H,2H2,1H3. The van der Waals surface area contributed by atoms with Crippen molar-refractivity contribution in [2.24, 2.45) is 0 Å². The van der Waals surface area contributed by atoms with E-state index in [1.54, 1.807) is 29.5 Å². The molecule has 3 nitrogen and oxygen atoms in total. The van der Waals surface area contributed by atoms with Crippen molar-refractivity contribution in [3.8, 4) is 0 Å². The lowest BCUT2D eigenvalue weighted by Crippen LogP contribution is -2.11. The Morgan fingerprint density at radius 3 is 2.81 bits per heavy atom. The van der Waals surface area contributed by atoms with Crippen molar-refractivity contribution in [1.82, 2.24) is 4.98 Å². The second-order valence-electron chi connectivity index (χ2n) is 2.71. The van der Waals surface area contributed by atoms with Gasteiger partial charge in [0.25, 0.3) is 6.43 Å². The van der Waals surface area contributed by atoms with Gasteiger partial charge < -0.3 is 4.74 Å². The third kappa shape index (κ3) is 3.00. The Balaban J connectivity index is 3.29. The van der Waals surface area contributed by atoms with Gasteiger partial charge in [-0.1, -0.05) is 11.6 Å². The summed E-state index contributed by atoms with van der Waals surface area (Å²) in [5.74, 6) is -0.883. The van der Waals surface area contributed by atoms with Gasteiger partial charge in [0.2, 0.25) is 0 Å². The first-order valence-corrected chi connectivity index (χ1v) is 5.74. The van der Waals surface area contributed by atoms with Crippen molar-refractivity contribution in [3.63, 3.8) is 0 Å². The molecule has 0 aliphatic rings. The number of nitrogens with zero attached hydrogens (tertiary/aromatic N) is 1. The van der Waals surface area contributed by atoms with Crippen molar-refractivity contribution >= 4 is 40.2 Å². The Hall–Kier alpha value is -0.500. The van der Waals surface area contributed by atoms with Crippen molar-refractivity contribution in [3.05, 3.63) is 26.0 Å². The third-order valence-electron chi connectivity index (χ3n) is 1.65. The van der Waals surface area contributed by atoms with E-state index < -0.39 is 18.1 Å². The Morgan fingerprint density at radius 2 is 2.31 bits per heavy atom. The topological polar surface area (TPSA) is 39.2 Å². The summed E-state index contributed by atoms with van der Waals surface area (Å²) in [6.07, 6.45) is -2.87. The van der Waals surface area contributed by atoms with Gasteiger partial charge in [0, 0.05) is 0 Å². The van der Waals surface area contributed by atoms with Gasteiger partial charge in [0.1, 0.15) is 15.0 Å². The first-order valence-electron chi connectivity index (χ1n) is 4.28. The largest absolute Gasteiger partial charge is 0.462 e. The summed E-state index contributed by atoms with van der Waals surface area (Å²) in [5, 5.41) is -0.0758. The molecule has 0 aliphatic carbocycles. The van der Waals surface area contributed by atoms with Crippen LogP contribution in [0.4, 0.5) is 8.78 Å². The maximum atomic E-state index is 12.7. The second kappa shape index (κ2) is 5.72. The molecule has 16 heavy (non-hydrogen) atoms. The van der Waals surface area contributed by atoms with E-state index in [2.05, 4.69) is 9.72 Å². The zero-order valence-electron chi connectivity index (χ0n) is 8.14. The van der Waals surface area contributed by atoms with E-state index in [1.807, 2.05) is 0 Å². The zero-order valence-corrected chi connectivity index (χ0v) is 11.1. The lowest BCUT2D eigenvalue weighted by Gasteiger charge is -2.09. The molecule has 1 rings (SSSR count). The molecule has 1 aromatic heterocycles. The molecule has 0 atom stereocenters. The Labute approximate surface area is 109 Å². The van der Waals surface area contributed by atoms with Crippen LogP contribution in [0.25, 0.3) is 0 Å². The van der Waals surface area contributed by atoms with Gasteiger partial charge in [-0.3, -0.25) is 0 Å². The lowest BCUT2D eigenvalue weighted by atomic mass is 10.2. The SMILES string of the molecule is CCOC(=O)c1c(Cl)cc(I)nc1C(F)F. The lowest BCUT2D eigenvalue weighted by molar-refractivity contribution is 0.0513. The number of esters is 1. The van der Waals surface area contributed by atoms with Gasteiger partial charge in [0.15, 0.2) is 0 Å². The number of carbonyl (C=O) groups is 1. The van der Waals surface area contributed by atoms with E-state index in [9.17, 15) is 13.6 Å². The monoisotopic (exact) mass is 361 g/mol. The molecule has 1 heterocycles. The normalized spacial score (nSPS) is 10.6. The number of hydrogen-bond donors (Lipinski definition) is 0. The van der Waals surface area contributed by atoms with Gasteiger partial charge in [-0.05, 0) is 35.6 Å². The van der Waals surface area contributed by atoms with Crippen LogP contribution in [0.15, 0.2) is 6.07 Å². The van der Waals surface area contributed by atoms with Crippen LogP contribution in [0.2, 0.25) is 5.02 Å². The molecule has 0 saturated carbocycles. The van der Waals surface area contributed by atoms with Crippen LogP contribution in [0.3, 0.4) is 0 Å². The van der Waals surface area contributed by atoms with E-state index in [1.165, 1.54) is 6.07 Å². The smallest absolute Gasteiger partial charge is 0.341 e. The number of carbonyl (C=O) groups excluding carboxylic acids is 1. The van der Waals surface area contributed by atoms with Crippen LogP contribution >= 0.6 is 34.2 Å². The maximum Gasteiger partial charge on any atom is 0.341 e. The quantitative estimate of drug-likeness (QED) is 0.470. The van der Waals surface area contributed by atoms with Gasteiger partial charge in [-0.2, -0.15) is 0 Å². The highest BCUT2D eigenvalue weighted by Crippen LogP contribution is 2.28. The van der Waals surface area contributed by atoms with E-state index >= 15 is 0 Å². The predicted molar refractivity (Wildman–Crippen MR) is 62.9 cm³/mol. The van der Waals surface area contributed by atoms with E-state index in [0.717, 1.165) is 0 Å². The fourth-order valence-corrected chi connectivity index (χ4v) is 2.10. The Kier molecular flexibility index (Phi) is 4.85. The van der Waals surface area contributed by atoms with Crippen LogP contribution in [0, 0.1) is 3.70 Å². The fraction of sp³-hybridized carbons (Fsp3) is 0.333. The van der Waals surface area contributed by atoms with Gasteiger partial charge in [-0.25, -0.2) is 18.6 Å². The van der Waals surface area contributed by atoms with Crippen LogP contribution in [-0.4, -0.2) is 17.6 Å². The summed E-state index contributed by atoms with van der Waals surface area (Å²) in [4.78, 5) is 15.0. The summed E-state index contributed by atoms with van der Waals surface area (Å²) in [6, 6.07) is 1.33. The Bertz CT molecular complexity index is 415. The summed E-state index contributed by atoms with van der Waals surface area (Å²) in [6.45, 7) is 1.66. The molecule has 1 aromatic rings. The van der Waals surface area contributed by atoms with Crippen LogP contribution in [0.5, 0.6) is 0 Å². The molecule has 0 spiro atoms. The molecule has 0 unspecified atom stereocenters. The second-order valence-corrected chi connectivity index (χ2v) is 4.22. The molecule has 0 amide bonds. The summed E-state index contributed by atoms with van der Waals surface area (Å²) in [5.41, 5.74) is -1.01. The van der Waals surface area contributed by atoms with E-state index in [-0.39, 0.29) is 17.2 Å². The number of pyridine rings is 1. The number of ether oxygens (including phenoxy) is 1. The Morgan fingerprint density at radius 1 is 1.69 bits per heavy atom. The van der Waals surface area contributed by atoms with E-state index in [0.29, 0.717) is 3.70 Å². The average molecular weight is 362 g/mol. The van der Waals surface area contributed by atoms with Crippen LogP contribution in [0.1, 0.15) is 29.4 Å². The molecular formula is C9H7ClF2INO2. The van der Waals surface area contributed by atoms with Crippen molar-refractivity contribution in [1.29, 1.82) is 0 Å².